The topological polar surface area (TPSA) is 94.1 Å². The van der Waals surface area contributed by atoms with E-state index < -0.39 is 11.7 Å². The number of halogens is 1. The first kappa shape index (κ1) is 29.2. The molecule has 1 heterocycles. The third-order valence-electron chi connectivity index (χ3n) is 8.14. The molecular weight excluding hydrogens is 478 g/mol. The van der Waals surface area contributed by atoms with Crippen molar-refractivity contribution in [3.8, 4) is 0 Å². The van der Waals surface area contributed by atoms with Gasteiger partial charge in [-0.15, -0.1) is 0 Å². The molecule has 1 aliphatic heterocycles. The number of likely N-dealkylation sites (tertiary alicyclic amines) is 1. The van der Waals surface area contributed by atoms with Gasteiger partial charge in [0.25, 0.3) is 0 Å². The highest BCUT2D eigenvalue weighted by Gasteiger charge is 2.41. The number of unbranched alkanes of at least 4 members (excludes halogenated alkanes) is 1. The molecule has 3 rings (SSSR count). The zero-order chi connectivity index (χ0) is 26.0. The van der Waals surface area contributed by atoms with E-state index in [1.54, 1.807) is 7.11 Å². The summed E-state index contributed by atoms with van der Waals surface area (Å²) in [5, 5.41) is 30.0. The van der Waals surface area contributed by atoms with Crippen molar-refractivity contribution in [1.29, 1.82) is 0 Å². The van der Waals surface area contributed by atoms with Crippen LogP contribution in [-0.2, 0) is 10.3 Å². The molecule has 0 aromatic heterocycles. The Labute approximate surface area is 221 Å². The molecule has 1 aromatic carbocycles. The second kappa shape index (κ2) is 14.5. The Kier molecular flexibility index (Phi) is 11.8. The summed E-state index contributed by atoms with van der Waals surface area (Å²) < 4.78 is 5.21. The molecule has 2 fully saturated rings. The maximum Gasteiger partial charge on any atom is 0.317 e. The number of amides is 2. The van der Waals surface area contributed by atoms with E-state index in [0.29, 0.717) is 37.7 Å². The fourth-order valence-corrected chi connectivity index (χ4v) is 6.26. The van der Waals surface area contributed by atoms with E-state index in [1.807, 2.05) is 36.2 Å². The van der Waals surface area contributed by atoms with Gasteiger partial charge in [-0.25, -0.2) is 4.79 Å². The van der Waals surface area contributed by atoms with Crippen molar-refractivity contribution in [3.05, 3.63) is 34.9 Å². The molecule has 0 radical (unpaired) electrons. The molecule has 36 heavy (non-hydrogen) atoms. The fraction of sp³-hybridized carbons (Fsp3) is 0.750. The minimum absolute atomic E-state index is 0.107. The summed E-state index contributed by atoms with van der Waals surface area (Å²) in [7, 11) is 3.53. The van der Waals surface area contributed by atoms with Crippen molar-refractivity contribution < 1.29 is 19.7 Å². The quantitative estimate of drug-likeness (QED) is 0.306. The maximum absolute atomic E-state index is 13.4. The van der Waals surface area contributed by atoms with E-state index in [4.69, 9.17) is 16.3 Å². The number of aliphatic hydroxyl groups is 2. The smallest absolute Gasteiger partial charge is 0.317 e. The first-order valence-electron chi connectivity index (χ1n) is 13.7. The number of aliphatic hydroxyl groups excluding tert-OH is 1. The van der Waals surface area contributed by atoms with Gasteiger partial charge in [-0.2, -0.15) is 0 Å². The second-order valence-corrected chi connectivity index (χ2v) is 11.1. The van der Waals surface area contributed by atoms with Gasteiger partial charge in [-0.1, -0.05) is 43.0 Å². The van der Waals surface area contributed by atoms with Crippen LogP contribution in [0, 0.1) is 11.8 Å². The largest absolute Gasteiger partial charge is 0.391 e. The van der Waals surface area contributed by atoms with Crippen molar-refractivity contribution in [3.63, 3.8) is 0 Å². The summed E-state index contributed by atoms with van der Waals surface area (Å²) in [6.45, 7) is 2.28. The third kappa shape index (κ3) is 7.81. The van der Waals surface area contributed by atoms with Gasteiger partial charge in [0, 0.05) is 44.3 Å². The van der Waals surface area contributed by atoms with Gasteiger partial charge in [0.1, 0.15) is 0 Å². The monoisotopic (exact) mass is 523 g/mol. The van der Waals surface area contributed by atoms with Gasteiger partial charge in [0.2, 0.25) is 0 Å². The van der Waals surface area contributed by atoms with Crippen LogP contribution < -0.4 is 10.6 Å². The number of benzene rings is 1. The van der Waals surface area contributed by atoms with Crippen LogP contribution in [0.3, 0.4) is 0 Å². The SMILES string of the molecule is CNC[C@@H](NC(=O)N1CCC[C@@H]([C@@](O)(CCCCOC)c2cccc(Cl)c2)C1)[C@@H](O)C1CCCCC1. The van der Waals surface area contributed by atoms with Gasteiger partial charge in [0.15, 0.2) is 0 Å². The number of likely N-dealkylation sites (N-methyl/N-ethyl adjacent to an activating group) is 1. The van der Waals surface area contributed by atoms with Crippen LogP contribution in [-0.4, -0.2) is 73.7 Å². The molecule has 1 aromatic rings. The number of hydrogen-bond donors (Lipinski definition) is 4. The number of rotatable bonds is 12. The lowest BCUT2D eigenvalue weighted by atomic mass is 9.74. The Bertz CT molecular complexity index is 807. The number of carbonyl (C=O) groups excluding carboxylic acids is 1. The minimum Gasteiger partial charge on any atom is -0.391 e. The van der Waals surface area contributed by atoms with E-state index in [9.17, 15) is 15.0 Å². The van der Waals surface area contributed by atoms with E-state index in [2.05, 4.69) is 10.6 Å². The molecule has 0 unspecified atom stereocenters. The molecule has 7 nitrogen and oxygen atoms in total. The first-order chi connectivity index (χ1) is 17.4. The van der Waals surface area contributed by atoms with Crippen LogP contribution in [0.4, 0.5) is 4.79 Å². The average Bonchev–Trinajstić information content (AvgIpc) is 2.91. The van der Waals surface area contributed by atoms with Gasteiger partial charge >= 0.3 is 6.03 Å². The van der Waals surface area contributed by atoms with Crippen LogP contribution in [0.1, 0.15) is 69.8 Å². The minimum atomic E-state index is -1.08. The number of piperidine rings is 1. The Morgan fingerprint density at radius 2 is 2.00 bits per heavy atom. The molecule has 0 bridgehead atoms. The number of methoxy groups -OCH3 is 1. The van der Waals surface area contributed by atoms with Crippen LogP contribution in [0.2, 0.25) is 5.02 Å². The van der Waals surface area contributed by atoms with Crippen molar-refractivity contribution in [2.24, 2.45) is 11.8 Å². The molecular formula is C28H46ClN3O4. The number of urea groups is 1. The number of nitrogens with zero attached hydrogens (tertiary/aromatic N) is 1. The predicted molar refractivity (Wildman–Crippen MR) is 144 cm³/mol. The molecule has 8 heteroatoms. The van der Waals surface area contributed by atoms with Gasteiger partial charge in [0.05, 0.1) is 17.7 Å². The summed E-state index contributed by atoms with van der Waals surface area (Å²) in [6, 6.07) is 6.97. The van der Waals surface area contributed by atoms with Crippen molar-refractivity contribution in [1.82, 2.24) is 15.5 Å². The second-order valence-electron chi connectivity index (χ2n) is 10.7. The molecule has 2 aliphatic rings. The number of nitrogens with one attached hydrogen (secondary N) is 2. The summed E-state index contributed by atoms with van der Waals surface area (Å²) in [4.78, 5) is 15.2. The molecule has 0 spiro atoms. The molecule has 4 atom stereocenters. The molecule has 204 valence electrons. The maximum atomic E-state index is 13.4. The van der Waals surface area contributed by atoms with Crippen LogP contribution in [0.15, 0.2) is 24.3 Å². The zero-order valence-electron chi connectivity index (χ0n) is 22.1. The summed E-state index contributed by atoms with van der Waals surface area (Å²) in [5.41, 5.74) is -0.274. The molecule has 1 saturated carbocycles. The number of carbonyl (C=O) groups is 1. The van der Waals surface area contributed by atoms with Gasteiger partial charge < -0.3 is 30.5 Å². The van der Waals surface area contributed by atoms with Gasteiger partial charge in [-0.05, 0) is 75.6 Å². The Hall–Kier alpha value is -1.38. The molecule has 4 N–H and O–H groups in total. The Balaban J connectivity index is 1.71. The number of ether oxygens (including phenoxy) is 1. The van der Waals surface area contributed by atoms with Crippen LogP contribution in [0.25, 0.3) is 0 Å². The lowest BCUT2D eigenvalue weighted by Crippen LogP contribution is -2.57. The average molecular weight is 524 g/mol. The van der Waals surface area contributed by atoms with Crippen LogP contribution in [0.5, 0.6) is 0 Å². The normalized spacial score (nSPS) is 22.6. The molecule has 2 amide bonds. The predicted octanol–water partition coefficient (Wildman–Crippen LogP) is 4.30. The summed E-state index contributed by atoms with van der Waals surface area (Å²) in [6.07, 6.45) is 8.89. The highest BCUT2D eigenvalue weighted by atomic mass is 35.5. The van der Waals surface area contributed by atoms with Crippen molar-refractivity contribution in [2.75, 3.05) is 40.4 Å². The standard InChI is InChI=1S/C28H46ClN3O4/c1-30-19-25(26(33)21-10-4-3-5-11-21)31-27(34)32-16-9-13-23(20-32)28(35,15-6-7-17-36-2)22-12-8-14-24(29)18-22/h8,12,14,18,21,23,25-26,30,33,35H,3-7,9-11,13,15-17,19-20H2,1-2H3,(H,31,34)/t23-,25-,26+,28-/m1/s1. The number of hydrogen-bond acceptors (Lipinski definition) is 5. The van der Waals surface area contributed by atoms with E-state index in [0.717, 1.165) is 56.9 Å². The molecule has 1 saturated heterocycles. The molecule has 1 aliphatic carbocycles. The summed E-state index contributed by atoms with van der Waals surface area (Å²) in [5.74, 6) is 0.121. The zero-order valence-corrected chi connectivity index (χ0v) is 22.8. The fourth-order valence-electron chi connectivity index (χ4n) is 6.07. The lowest BCUT2D eigenvalue weighted by molar-refractivity contribution is -0.0566. The Morgan fingerprint density at radius 1 is 1.22 bits per heavy atom. The first-order valence-corrected chi connectivity index (χ1v) is 14.1. The highest BCUT2D eigenvalue weighted by molar-refractivity contribution is 6.30. The van der Waals surface area contributed by atoms with E-state index in [1.165, 1.54) is 6.42 Å². The van der Waals surface area contributed by atoms with E-state index >= 15 is 0 Å². The van der Waals surface area contributed by atoms with Crippen molar-refractivity contribution >= 4 is 17.6 Å². The van der Waals surface area contributed by atoms with E-state index in [-0.39, 0.29) is 23.9 Å². The third-order valence-corrected chi connectivity index (χ3v) is 8.38. The van der Waals surface area contributed by atoms with Crippen molar-refractivity contribution in [2.45, 2.75) is 82.0 Å². The lowest BCUT2D eigenvalue weighted by Gasteiger charge is -2.43. The van der Waals surface area contributed by atoms with Gasteiger partial charge in [-0.3, -0.25) is 0 Å². The Morgan fingerprint density at radius 3 is 2.69 bits per heavy atom. The highest BCUT2D eigenvalue weighted by Crippen LogP contribution is 2.40. The van der Waals surface area contributed by atoms with Crippen LogP contribution >= 0.6 is 11.6 Å². The summed E-state index contributed by atoms with van der Waals surface area (Å²) >= 11 is 6.30.